The Kier molecular flexibility index (Phi) is 4.63. The minimum atomic E-state index is -4.31. The zero-order chi connectivity index (χ0) is 15.5. The van der Waals surface area contributed by atoms with Gasteiger partial charge < -0.3 is 10.1 Å². The van der Waals surface area contributed by atoms with E-state index in [9.17, 15) is 13.2 Å². The Morgan fingerprint density at radius 3 is 2.29 bits per heavy atom. The number of methoxy groups -OCH3 is 1. The zero-order valence-corrected chi connectivity index (χ0v) is 11.9. The van der Waals surface area contributed by atoms with Crippen molar-refractivity contribution in [3.63, 3.8) is 0 Å². The van der Waals surface area contributed by atoms with E-state index in [2.05, 4.69) is 5.32 Å². The average Bonchev–Trinajstić information content (AvgIpc) is 2.45. The number of benzene rings is 2. The summed E-state index contributed by atoms with van der Waals surface area (Å²) in [4.78, 5) is 0. The highest BCUT2D eigenvalue weighted by atomic mass is 35.5. The molecule has 0 saturated carbocycles. The molecular weight excluding hydrogens is 303 g/mol. The van der Waals surface area contributed by atoms with Crippen LogP contribution in [0.5, 0.6) is 5.75 Å². The number of alkyl halides is 3. The van der Waals surface area contributed by atoms with Crippen LogP contribution in [0.3, 0.4) is 0 Å². The van der Waals surface area contributed by atoms with E-state index >= 15 is 0 Å². The summed E-state index contributed by atoms with van der Waals surface area (Å²) in [6.45, 7) is 0.404. The van der Waals surface area contributed by atoms with Crippen molar-refractivity contribution in [3.8, 4) is 5.75 Å². The summed E-state index contributed by atoms with van der Waals surface area (Å²) >= 11 is 5.99. The molecule has 2 aromatic rings. The number of anilines is 1. The van der Waals surface area contributed by atoms with Crippen molar-refractivity contribution in [1.29, 1.82) is 0 Å². The van der Waals surface area contributed by atoms with E-state index in [0.717, 1.165) is 23.4 Å². The van der Waals surface area contributed by atoms with Gasteiger partial charge in [-0.25, -0.2) is 0 Å². The summed E-state index contributed by atoms with van der Waals surface area (Å²) in [6, 6.07) is 10.2. The lowest BCUT2D eigenvalue weighted by Gasteiger charge is -2.10. The summed E-state index contributed by atoms with van der Waals surface area (Å²) in [7, 11) is 1.52. The smallest absolute Gasteiger partial charge is 0.416 e. The van der Waals surface area contributed by atoms with Crippen LogP contribution in [0, 0.1) is 0 Å². The number of ether oxygens (including phenoxy) is 1. The molecule has 0 saturated heterocycles. The molecule has 2 rings (SSSR count). The van der Waals surface area contributed by atoms with E-state index < -0.39 is 11.7 Å². The minimum absolute atomic E-state index is 0.404. The molecule has 0 spiro atoms. The zero-order valence-electron chi connectivity index (χ0n) is 11.2. The summed E-state index contributed by atoms with van der Waals surface area (Å²) in [5, 5.41) is 3.56. The third-order valence-electron chi connectivity index (χ3n) is 2.93. The first-order valence-electron chi connectivity index (χ1n) is 6.13. The predicted octanol–water partition coefficient (Wildman–Crippen LogP) is 4.98. The molecule has 0 aliphatic heterocycles. The monoisotopic (exact) mass is 315 g/mol. The van der Waals surface area contributed by atoms with Crippen molar-refractivity contribution in [2.45, 2.75) is 12.7 Å². The SMILES string of the molecule is COc1ccc(NCc2ccc(C(F)(F)F)cc2)cc1Cl. The van der Waals surface area contributed by atoms with Crippen LogP contribution in [0.25, 0.3) is 0 Å². The number of hydrogen-bond donors (Lipinski definition) is 1. The van der Waals surface area contributed by atoms with Crippen LogP contribution in [0.1, 0.15) is 11.1 Å². The highest BCUT2D eigenvalue weighted by molar-refractivity contribution is 6.32. The van der Waals surface area contributed by atoms with Gasteiger partial charge in [0.2, 0.25) is 0 Å². The maximum absolute atomic E-state index is 12.4. The lowest BCUT2D eigenvalue weighted by Crippen LogP contribution is -2.05. The van der Waals surface area contributed by atoms with Gasteiger partial charge in [0.1, 0.15) is 5.75 Å². The van der Waals surface area contributed by atoms with Gasteiger partial charge in [-0.3, -0.25) is 0 Å². The second-order valence-corrected chi connectivity index (χ2v) is 4.80. The van der Waals surface area contributed by atoms with E-state index in [1.54, 1.807) is 18.2 Å². The third kappa shape index (κ3) is 4.04. The van der Waals surface area contributed by atoms with Crippen molar-refractivity contribution in [2.75, 3.05) is 12.4 Å². The maximum atomic E-state index is 12.4. The van der Waals surface area contributed by atoms with Gasteiger partial charge in [0, 0.05) is 12.2 Å². The molecule has 112 valence electrons. The van der Waals surface area contributed by atoms with Crippen LogP contribution in [0.15, 0.2) is 42.5 Å². The molecule has 0 atom stereocenters. The van der Waals surface area contributed by atoms with E-state index in [4.69, 9.17) is 16.3 Å². The highest BCUT2D eigenvalue weighted by Crippen LogP contribution is 2.30. The number of hydrogen-bond acceptors (Lipinski definition) is 2. The molecule has 0 unspecified atom stereocenters. The van der Waals surface area contributed by atoms with Crippen molar-refractivity contribution in [1.82, 2.24) is 0 Å². The fraction of sp³-hybridized carbons (Fsp3) is 0.200. The van der Waals surface area contributed by atoms with Crippen LogP contribution >= 0.6 is 11.6 Å². The van der Waals surface area contributed by atoms with E-state index in [-0.39, 0.29) is 0 Å². The molecule has 0 fully saturated rings. The van der Waals surface area contributed by atoms with Gasteiger partial charge in [-0.1, -0.05) is 23.7 Å². The molecular formula is C15H13ClF3NO. The highest BCUT2D eigenvalue weighted by Gasteiger charge is 2.29. The lowest BCUT2D eigenvalue weighted by molar-refractivity contribution is -0.137. The normalized spacial score (nSPS) is 11.3. The Hall–Kier alpha value is -1.88. The van der Waals surface area contributed by atoms with Crippen LogP contribution in [-0.2, 0) is 12.7 Å². The van der Waals surface area contributed by atoms with Crippen LogP contribution < -0.4 is 10.1 Å². The molecule has 1 N–H and O–H groups in total. The van der Waals surface area contributed by atoms with E-state index in [1.165, 1.54) is 19.2 Å². The maximum Gasteiger partial charge on any atom is 0.416 e. The molecule has 0 aromatic heterocycles. The Morgan fingerprint density at radius 2 is 1.76 bits per heavy atom. The Labute approximate surface area is 125 Å². The second-order valence-electron chi connectivity index (χ2n) is 4.40. The van der Waals surface area contributed by atoms with E-state index in [1.807, 2.05) is 0 Å². The first-order valence-corrected chi connectivity index (χ1v) is 6.51. The van der Waals surface area contributed by atoms with Crippen molar-refractivity contribution >= 4 is 17.3 Å². The largest absolute Gasteiger partial charge is 0.495 e. The topological polar surface area (TPSA) is 21.3 Å². The first-order chi connectivity index (χ1) is 9.90. The molecule has 2 aromatic carbocycles. The number of halogens is 4. The third-order valence-corrected chi connectivity index (χ3v) is 3.23. The summed E-state index contributed by atoms with van der Waals surface area (Å²) in [6.07, 6.45) is -4.31. The van der Waals surface area contributed by atoms with Crippen LogP contribution in [-0.4, -0.2) is 7.11 Å². The van der Waals surface area contributed by atoms with Crippen molar-refractivity contribution in [2.24, 2.45) is 0 Å². The second kappa shape index (κ2) is 6.26. The molecule has 0 aliphatic rings. The van der Waals surface area contributed by atoms with Gasteiger partial charge >= 0.3 is 6.18 Å². The summed E-state index contributed by atoms with van der Waals surface area (Å²) in [5.41, 5.74) is 0.856. The molecule has 0 bridgehead atoms. The molecule has 21 heavy (non-hydrogen) atoms. The Balaban J connectivity index is 2.01. The fourth-order valence-electron chi connectivity index (χ4n) is 1.79. The summed E-state index contributed by atoms with van der Waals surface area (Å²) in [5.74, 6) is 0.566. The lowest BCUT2D eigenvalue weighted by atomic mass is 10.1. The van der Waals surface area contributed by atoms with Gasteiger partial charge in [-0.2, -0.15) is 13.2 Å². The van der Waals surface area contributed by atoms with Crippen LogP contribution in [0.2, 0.25) is 5.02 Å². The standard InChI is InChI=1S/C15H13ClF3NO/c1-21-14-7-6-12(8-13(14)16)20-9-10-2-4-11(5-3-10)15(17,18)19/h2-8,20H,9H2,1H3. The number of nitrogens with one attached hydrogen (secondary N) is 1. The van der Waals surface area contributed by atoms with Gasteiger partial charge in [0.15, 0.2) is 0 Å². The number of rotatable bonds is 4. The Bertz CT molecular complexity index is 611. The van der Waals surface area contributed by atoms with Crippen LogP contribution in [0.4, 0.5) is 18.9 Å². The fourth-order valence-corrected chi connectivity index (χ4v) is 2.05. The quantitative estimate of drug-likeness (QED) is 0.859. The van der Waals surface area contributed by atoms with Gasteiger partial charge in [0.25, 0.3) is 0 Å². The van der Waals surface area contributed by atoms with Gasteiger partial charge in [0.05, 0.1) is 17.7 Å². The first kappa shape index (κ1) is 15.5. The molecule has 6 heteroatoms. The van der Waals surface area contributed by atoms with Gasteiger partial charge in [-0.05, 0) is 35.9 Å². The predicted molar refractivity (Wildman–Crippen MR) is 76.8 cm³/mol. The van der Waals surface area contributed by atoms with E-state index in [0.29, 0.717) is 17.3 Å². The minimum Gasteiger partial charge on any atom is -0.495 e. The average molecular weight is 316 g/mol. The van der Waals surface area contributed by atoms with Gasteiger partial charge in [-0.15, -0.1) is 0 Å². The molecule has 0 radical (unpaired) electrons. The van der Waals surface area contributed by atoms with Crippen molar-refractivity contribution < 1.29 is 17.9 Å². The summed E-state index contributed by atoms with van der Waals surface area (Å²) < 4.78 is 42.4. The molecule has 0 amide bonds. The molecule has 0 heterocycles. The van der Waals surface area contributed by atoms with Crippen molar-refractivity contribution in [3.05, 3.63) is 58.6 Å². The molecule has 0 aliphatic carbocycles. The molecule has 2 nitrogen and oxygen atoms in total. The Morgan fingerprint density at radius 1 is 1.10 bits per heavy atom.